The lowest BCUT2D eigenvalue weighted by atomic mass is 9.98. The largest absolute Gasteiger partial charge is 0.318 e. The van der Waals surface area contributed by atoms with Crippen LogP contribution in [0.15, 0.2) is 73.2 Å². The molecular weight excluding hydrogens is 396 g/mol. The minimum absolute atomic E-state index is 0.0307. The third-order valence-corrected chi connectivity index (χ3v) is 6.86. The number of benzene rings is 1. The van der Waals surface area contributed by atoms with E-state index in [1.165, 1.54) is 5.69 Å². The van der Waals surface area contributed by atoms with Crippen LogP contribution in [0.2, 0.25) is 0 Å². The molecule has 0 aliphatic carbocycles. The van der Waals surface area contributed by atoms with E-state index in [9.17, 15) is 8.42 Å². The van der Waals surface area contributed by atoms with Crippen molar-refractivity contribution in [2.75, 3.05) is 19.6 Å². The van der Waals surface area contributed by atoms with Crippen LogP contribution in [0.4, 0.5) is 0 Å². The van der Waals surface area contributed by atoms with Crippen molar-refractivity contribution in [1.82, 2.24) is 19.2 Å². The highest BCUT2D eigenvalue weighted by molar-refractivity contribution is 7.88. The molecule has 7 heteroatoms. The van der Waals surface area contributed by atoms with Crippen molar-refractivity contribution in [2.24, 2.45) is 5.92 Å². The Kier molecular flexibility index (Phi) is 6.62. The minimum Gasteiger partial charge on any atom is -0.318 e. The predicted octanol–water partition coefficient (Wildman–Crippen LogP) is 3.20. The normalized spacial score (nSPS) is 17.8. The van der Waals surface area contributed by atoms with Gasteiger partial charge in [-0.2, -0.15) is 0 Å². The summed E-state index contributed by atoms with van der Waals surface area (Å²) in [5, 5.41) is 0. The number of likely N-dealkylation sites (tertiary alicyclic amines) is 1. The molecule has 30 heavy (non-hydrogen) atoms. The Morgan fingerprint density at radius 3 is 2.73 bits per heavy atom. The van der Waals surface area contributed by atoms with E-state index in [4.69, 9.17) is 0 Å². The number of nitrogens with one attached hydrogen (secondary N) is 1. The smallest absolute Gasteiger partial charge is 0.215 e. The Labute approximate surface area is 178 Å². The van der Waals surface area contributed by atoms with Gasteiger partial charge >= 0.3 is 0 Å². The van der Waals surface area contributed by atoms with Crippen molar-refractivity contribution in [1.29, 1.82) is 0 Å². The van der Waals surface area contributed by atoms with Crippen LogP contribution in [0.3, 0.4) is 0 Å². The van der Waals surface area contributed by atoms with Crippen LogP contribution < -0.4 is 4.72 Å². The zero-order valence-corrected chi connectivity index (χ0v) is 17.8. The molecule has 3 heterocycles. The first-order valence-corrected chi connectivity index (χ1v) is 12.0. The van der Waals surface area contributed by atoms with Gasteiger partial charge in [0, 0.05) is 37.7 Å². The maximum atomic E-state index is 12.4. The van der Waals surface area contributed by atoms with E-state index >= 15 is 0 Å². The van der Waals surface area contributed by atoms with Crippen LogP contribution in [-0.4, -0.2) is 42.5 Å². The molecule has 6 nitrogen and oxygen atoms in total. The van der Waals surface area contributed by atoms with E-state index in [1.54, 1.807) is 6.20 Å². The summed E-state index contributed by atoms with van der Waals surface area (Å²) in [6, 6.07) is 17.5. The molecule has 2 aromatic heterocycles. The van der Waals surface area contributed by atoms with Gasteiger partial charge in [0.15, 0.2) is 0 Å². The summed E-state index contributed by atoms with van der Waals surface area (Å²) in [6.45, 7) is 3.27. The van der Waals surface area contributed by atoms with Crippen molar-refractivity contribution in [2.45, 2.75) is 25.1 Å². The second-order valence-corrected chi connectivity index (χ2v) is 9.72. The first-order valence-electron chi connectivity index (χ1n) is 10.4. The quantitative estimate of drug-likeness (QED) is 0.603. The lowest BCUT2D eigenvalue weighted by molar-refractivity contribution is 0.166. The van der Waals surface area contributed by atoms with Gasteiger partial charge in [0.05, 0.1) is 17.6 Å². The molecule has 0 unspecified atom stereocenters. The second-order valence-electron chi connectivity index (χ2n) is 7.92. The number of hydrogen-bond acceptors (Lipinski definition) is 4. The highest BCUT2D eigenvalue weighted by atomic mass is 32.2. The van der Waals surface area contributed by atoms with Crippen LogP contribution in [0.25, 0.3) is 5.69 Å². The monoisotopic (exact) mass is 424 g/mol. The van der Waals surface area contributed by atoms with Gasteiger partial charge in [0.1, 0.15) is 0 Å². The van der Waals surface area contributed by atoms with Crippen LogP contribution in [-0.2, 0) is 22.3 Å². The van der Waals surface area contributed by atoms with Crippen molar-refractivity contribution in [3.05, 3.63) is 84.4 Å². The zero-order valence-electron chi connectivity index (χ0n) is 17.0. The molecule has 158 valence electrons. The molecular formula is C23H28N4O2S. The summed E-state index contributed by atoms with van der Waals surface area (Å²) in [5.74, 6) is 0.356. The lowest BCUT2D eigenvalue weighted by Crippen LogP contribution is -2.41. The molecule has 1 N–H and O–H groups in total. The Morgan fingerprint density at radius 1 is 1.07 bits per heavy atom. The van der Waals surface area contributed by atoms with Gasteiger partial charge in [-0.3, -0.25) is 9.88 Å². The third-order valence-electron chi connectivity index (χ3n) is 5.54. The van der Waals surface area contributed by atoms with Gasteiger partial charge in [-0.25, -0.2) is 13.1 Å². The van der Waals surface area contributed by atoms with Gasteiger partial charge in [-0.05, 0) is 55.1 Å². The maximum absolute atomic E-state index is 12.4. The fourth-order valence-electron chi connectivity index (χ4n) is 4.07. The van der Waals surface area contributed by atoms with Gasteiger partial charge in [0.2, 0.25) is 10.0 Å². The third kappa shape index (κ3) is 5.56. The number of aromatic nitrogens is 2. The van der Waals surface area contributed by atoms with Gasteiger partial charge in [0.25, 0.3) is 0 Å². The molecule has 1 saturated heterocycles. The summed E-state index contributed by atoms with van der Waals surface area (Å²) < 4.78 is 29.9. The zero-order chi connectivity index (χ0) is 20.8. The summed E-state index contributed by atoms with van der Waals surface area (Å²) >= 11 is 0. The Bertz CT molecular complexity index is 1040. The molecule has 0 amide bonds. The lowest BCUT2D eigenvalue weighted by Gasteiger charge is -2.33. The van der Waals surface area contributed by atoms with E-state index in [1.807, 2.05) is 42.6 Å². The first-order chi connectivity index (χ1) is 14.6. The standard InChI is InChI=1S/C23H28N4O2S/c28-30(29,19-20-7-2-1-3-8-20)25-15-21-9-5-13-26(17-21)18-23-11-6-14-27(23)22-10-4-12-24-16-22/h1-4,6-8,10-12,14,16,21,25H,5,9,13,15,17-19H2/t21-/m0/s1. The minimum atomic E-state index is -3.32. The number of pyridine rings is 1. The van der Waals surface area contributed by atoms with Gasteiger partial charge in [-0.1, -0.05) is 30.3 Å². The highest BCUT2D eigenvalue weighted by Crippen LogP contribution is 2.20. The van der Waals surface area contributed by atoms with Crippen LogP contribution in [0, 0.1) is 5.92 Å². The first kappa shape index (κ1) is 20.8. The summed E-state index contributed by atoms with van der Waals surface area (Å²) in [5.41, 5.74) is 3.08. The topological polar surface area (TPSA) is 67.2 Å². The van der Waals surface area contributed by atoms with Crippen molar-refractivity contribution >= 4 is 10.0 Å². The second kappa shape index (κ2) is 9.55. The van der Waals surface area contributed by atoms with Crippen molar-refractivity contribution < 1.29 is 8.42 Å². The Morgan fingerprint density at radius 2 is 1.93 bits per heavy atom. The average Bonchev–Trinajstić information content (AvgIpc) is 3.22. The number of piperidine rings is 1. The number of hydrogen-bond donors (Lipinski definition) is 1. The molecule has 1 aromatic carbocycles. The van der Waals surface area contributed by atoms with Crippen molar-refractivity contribution in [3.8, 4) is 5.69 Å². The number of nitrogens with zero attached hydrogens (tertiary/aromatic N) is 3. The van der Waals surface area contributed by atoms with E-state index in [0.29, 0.717) is 12.5 Å². The molecule has 1 atom stereocenters. The molecule has 0 bridgehead atoms. The maximum Gasteiger partial charge on any atom is 0.215 e. The molecule has 1 aliphatic heterocycles. The van der Waals surface area contributed by atoms with E-state index in [2.05, 4.69) is 43.6 Å². The molecule has 0 radical (unpaired) electrons. The summed E-state index contributed by atoms with van der Waals surface area (Å²) in [4.78, 5) is 6.64. The van der Waals surface area contributed by atoms with Gasteiger partial charge < -0.3 is 4.57 Å². The average molecular weight is 425 g/mol. The highest BCUT2D eigenvalue weighted by Gasteiger charge is 2.22. The van der Waals surface area contributed by atoms with E-state index in [0.717, 1.165) is 43.7 Å². The Hall–Kier alpha value is -2.48. The van der Waals surface area contributed by atoms with Crippen LogP contribution in [0.5, 0.6) is 0 Å². The molecule has 1 aliphatic rings. The Balaban J connectivity index is 1.33. The molecule has 4 rings (SSSR count). The van der Waals surface area contributed by atoms with E-state index in [-0.39, 0.29) is 5.75 Å². The molecule has 1 fully saturated rings. The molecule has 0 saturated carbocycles. The fourth-order valence-corrected chi connectivity index (χ4v) is 5.30. The summed E-state index contributed by atoms with van der Waals surface area (Å²) in [6.07, 6.45) is 7.84. The van der Waals surface area contributed by atoms with E-state index < -0.39 is 10.0 Å². The summed E-state index contributed by atoms with van der Waals surface area (Å²) in [7, 11) is -3.32. The van der Waals surface area contributed by atoms with Gasteiger partial charge in [-0.15, -0.1) is 0 Å². The molecule has 0 spiro atoms. The predicted molar refractivity (Wildman–Crippen MR) is 119 cm³/mol. The van der Waals surface area contributed by atoms with Crippen LogP contribution >= 0.6 is 0 Å². The number of rotatable bonds is 8. The number of sulfonamides is 1. The fraction of sp³-hybridized carbons (Fsp3) is 0.348. The van der Waals surface area contributed by atoms with Crippen LogP contribution in [0.1, 0.15) is 24.1 Å². The SMILES string of the molecule is O=S(=O)(Cc1ccccc1)NC[C@@H]1CCCN(Cc2cccn2-c2cccnc2)C1. The molecule has 3 aromatic rings. The van der Waals surface area contributed by atoms with Crippen molar-refractivity contribution in [3.63, 3.8) is 0 Å².